The smallest absolute Gasteiger partial charge is 0.144 e. The molecule has 0 amide bonds. The average Bonchev–Trinajstić information content (AvgIpc) is 2.89. The highest BCUT2D eigenvalue weighted by Crippen LogP contribution is 2.40. The third-order valence-electron chi connectivity index (χ3n) is 4.47. The van der Waals surface area contributed by atoms with Crippen LogP contribution in [0.15, 0.2) is 23.3 Å². The van der Waals surface area contributed by atoms with Gasteiger partial charge in [0.15, 0.2) is 0 Å². The van der Waals surface area contributed by atoms with Gasteiger partial charge in [0.05, 0.1) is 31.9 Å². The maximum atomic E-state index is 12.6. The van der Waals surface area contributed by atoms with Crippen molar-refractivity contribution < 1.29 is 14.3 Å². The van der Waals surface area contributed by atoms with E-state index in [-0.39, 0.29) is 23.2 Å². The van der Waals surface area contributed by atoms with Crippen LogP contribution in [0.2, 0.25) is 0 Å². The minimum Gasteiger partial charge on any atom is -0.497 e. The van der Waals surface area contributed by atoms with E-state index in [0.717, 1.165) is 17.7 Å². The molecule has 0 radical (unpaired) electrons. The van der Waals surface area contributed by atoms with Crippen molar-refractivity contribution in [3.05, 3.63) is 23.8 Å². The third kappa shape index (κ3) is 2.56. The molecule has 1 heterocycles. The molecule has 1 aliphatic carbocycles. The molecular formula is C17H22N2O3. The Morgan fingerprint density at radius 2 is 1.82 bits per heavy atom. The Morgan fingerprint density at radius 3 is 2.41 bits per heavy atom. The van der Waals surface area contributed by atoms with Crippen molar-refractivity contribution in [3.8, 4) is 11.5 Å². The van der Waals surface area contributed by atoms with E-state index in [1.807, 2.05) is 18.2 Å². The molecule has 1 aliphatic heterocycles. The van der Waals surface area contributed by atoms with Crippen molar-refractivity contribution in [1.29, 1.82) is 0 Å². The number of benzene rings is 1. The number of carbonyl (C=O) groups is 1. The Morgan fingerprint density at radius 1 is 1.18 bits per heavy atom. The van der Waals surface area contributed by atoms with Gasteiger partial charge in [-0.15, -0.1) is 0 Å². The first-order chi connectivity index (χ1) is 10.4. The molecule has 2 aliphatic rings. The number of hydrogen-bond acceptors (Lipinski definition) is 5. The van der Waals surface area contributed by atoms with Crippen LogP contribution in [0, 0.1) is 11.3 Å². The van der Waals surface area contributed by atoms with E-state index in [4.69, 9.17) is 9.47 Å². The SMILES string of the molecule is COc1cc(OC)cc(C2=NN[C@H]3CC(C)(C)CC(=O)[C@@H]23)c1. The van der Waals surface area contributed by atoms with Crippen molar-refractivity contribution in [1.82, 2.24) is 5.43 Å². The van der Waals surface area contributed by atoms with Crippen molar-refractivity contribution >= 4 is 11.5 Å². The van der Waals surface area contributed by atoms with Crippen LogP contribution in [0.5, 0.6) is 11.5 Å². The first kappa shape index (κ1) is 14.9. The van der Waals surface area contributed by atoms with Crippen molar-refractivity contribution in [2.24, 2.45) is 16.4 Å². The zero-order valence-electron chi connectivity index (χ0n) is 13.5. The molecule has 0 bridgehead atoms. The largest absolute Gasteiger partial charge is 0.497 e. The molecule has 5 heteroatoms. The fourth-order valence-electron chi connectivity index (χ4n) is 3.48. The van der Waals surface area contributed by atoms with E-state index in [0.29, 0.717) is 17.9 Å². The highest BCUT2D eigenvalue weighted by atomic mass is 16.5. The number of hydrogen-bond donors (Lipinski definition) is 1. The summed E-state index contributed by atoms with van der Waals surface area (Å²) in [5.41, 5.74) is 4.86. The first-order valence-electron chi connectivity index (χ1n) is 7.53. The second-order valence-electron chi connectivity index (χ2n) is 6.82. The van der Waals surface area contributed by atoms with Crippen LogP contribution in [-0.2, 0) is 4.79 Å². The highest BCUT2D eigenvalue weighted by molar-refractivity contribution is 6.15. The first-order valence-corrected chi connectivity index (χ1v) is 7.53. The Labute approximate surface area is 130 Å². The van der Waals surface area contributed by atoms with Crippen molar-refractivity contribution in [2.75, 3.05) is 14.2 Å². The zero-order chi connectivity index (χ0) is 15.9. The van der Waals surface area contributed by atoms with Gasteiger partial charge in [-0.05, 0) is 24.0 Å². The van der Waals surface area contributed by atoms with Gasteiger partial charge in [-0.2, -0.15) is 5.10 Å². The monoisotopic (exact) mass is 302 g/mol. The fourth-order valence-corrected chi connectivity index (χ4v) is 3.48. The van der Waals surface area contributed by atoms with Crippen LogP contribution in [0.1, 0.15) is 32.3 Å². The van der Waals surface area contributed by atoms with E-state index in [1.54, 1.807) is 14.2 Å². The van der Waals surface area contributed by atoms with Crippen LogP contribution < -0.4 is 14.9 Å². The lowest BCUT2D eigenvalue weighted by Crippen LogP contribution is -2.45. The minimum atomic E-state index is -0.176. The molecule has 1 N–H and O–H groups in total. The van der Waals surface area contributed by atoms with E-state index in [2.05, 4.69) is 24.4 Å². The number of carbonyl (C=O) groups excluding carboxylic acids is 1. The molecule has 0 aromatic heterocycles. The van der Waals surface area contributed by atoms with Gasteiger partial charge in [0.2, 0.25) is 0 Å². The molecule has 22 heavy (non-hydrogen) atoms. The molecular weight excluding hydrogens is 280 g/mol. The Hall–Kier alpha value is -2.04. The number of rotatable bonds is 3. The van der Waals surface area contributed by atoms with Gasteiger partial charge in [-0.25, -0.2) is 0 Å². The molecule has 1 saturated carbocycles. The molecule has 1 aromatic carbocycles. The van der Waals surface area contributed by atoms with Crippen LogP contribution >= 0.6 is 0 Å². The van der Waals surface area contributed by atoms with Gasteiger partial charge in [0, 0.05) is 18.1 Å². The van der Waals surface area contributed by atoms with Gasteiger partial charge in [-0.3, -0.25) is 4.79 Å². The summed E-state index contributed by atoms with van der Waals surface area (Å²) in [6, 6.07) is 5.70. The fraction of sp³-hybridized carbons (Fsp3) is 0.529. The number of methoxy groups -OCH3 is 2. The molecule has 0 unspecified atom stereocenters. The standard InChI is InChI=1S/C17H22N2O3/c1-17(2)8-13-15(14(20)9-17)16(19-18-13)10-5-11(21-3)7-12(6-10)22-4/h5-7,13,15,18H,8-9H2,1-4H3/t13-,15-/m0/s1. The second kappa shape index (κ2) is 5.30. The topological polar surface area (TPSA) is 59.9 Å². The van der Waals surface area contributed by atoms with E-state index in [9.17, 15) is 4.79 Å². The number of ketones is 1. The molecule has 0 saturated heterocycles. The third-order valence-corrected chi connectivity index (χ3v) is 4.47. The highest BCUT2D eigenvalue weighted by Gasteiger charge is 2.46. The van der Waals surface area contributed by atoms with Crippen LogP contribution in [0.3, 0.4) is 0 Å². The summed E-state index contributed by atoms with van der Waals surface area (Å²) >= 11 is 0. The number of ether oxygens (including phenoxy) is 2. The Balaban J connectivity index is 1.95. The Kier molecular flexibility index (Phi) is 3.59. The van der Waals surface area contributed by atoms with Crippen LogP contribution in [0.4, 0.5) is 0 Å². The normalized spacial score (nSPS) is 26.0. The summed E-state index contributed by atoms with van der Waals surface area (Å²) in [6.45, 7) is 4.27. The summed E-state index contributed by atoms with van der Waals surface area (Å²) < 4.78 is 10.6. The Bertz CT molecular complexity index is 615. The molecule has 118 valence electrons. The van der Waals surface area contributed by atoms with E-state index in [1.165, 1.54) is 0 Å². The lowest BCUT2D eigenvalue weighted by molar-refractivity contribution is -0.126. The number of hydrazone groups is 1. The molecule has 1 fully saturated rings. The minimum absolute atomic E-state index is 0.0300. The number of fused-ring (bicyclic) bond motifs is 1. The second-order valence-corrected chi connectivity index (χ2v) is 6.82. The number of nitrogens with zero attached hydrogens (tertiary/aromatic N) is 1. The summed E-state index contributed by atoms with van der Waals surface area (Å²) in [6.07, 6.45) is 1.54. The molecule has 0 spiro atoms. The van der Waals surface area contributed by atoms with Crippen LogP contribution in [-0.4, -0.2) is 31.8 Å². The number of nitrogens with one attached hydrogen (secondary N) is 1. The summed E-state index contributed by atoms with van der Waals surface area (Å²) in [7, 11) is 3.23. The van der Waals surface area contributed by atoms with Gasteiger partial charge < -0.3 is 14.9 Å². The quantitative estimate of drug-likeness (QED) is 0.931. The molecule has 5 nitrogen and oxygen atoms in total. The van der Waals surface area contributed by atoms with Gasteiger partial charge >= 0.3 is 0 Å². The summed E-state index contributed by atoms with van der Waals surface area (Å²) in [4.78, 5) is 12.6. The predicted octanol–water partition coefficient (Wildman–Crippen LogP) is 2.39. The lowest BCUT2D eigenvalue weighted by atomic mass is 9.68. The molecule has 2 atom stereocenters. The predicted molar refractivity (Wildman–Crippen MR) is 84.5 cm³/mol. The molecule has 1 aromatic rings. The average molecular weight is 302 g/mol. The lowest BCUT2D eigenvalue weighted by Gasteiger charge is -2.36. The summed E-state index contributed by atoms with van der Waals surface area (Å²) in [5.74, 6) is 1.48. The van der Waals surface area contributed by atoms with Crippen molar-refractivity contribution in [2.45, 2.75) is 32.7 Å². The maximum Gasteiger partial charge on any atom is 0.144 e. The molecule has 3 rings (SSSR count). The van der Waals surface area contributed by atoms with E-state index >= 15 is 0 Å². The summed E-state index contributed by atoms with van der Waals surface area (Å²) in [5, 5.41) is 4.45. The van der Waals surface area contributed by atoms with E-state index < -0.39 is 0 Å². The van der Waals surface area contributed by atoms with Crippen molar-refractivity contribution in [3.63, 3.8) is 0 Å². The van der Waals surface area contributed by atoms with Gasteiger partial charge in [-0.1, -0.05) is 13.8 Å². The van der Waals surface area contributed by atoms with Crippen LogP contribution in [0.25, 0.3) is 0 Å². The number of Topliss-reactive ketones (excluding diaryl/α,β-unsaturated/α-hetero) is 1. The maximum absolute atomic E-state index is 12.6. The van der Waals surface area contributed by atoms with Gasteiger partial charge in [0.25, 0.3) is 0 Å². The van der Waals surface area contributed by atoms with Gasteiger partial charge in [0.1, 0.15) is 17.3 Å². The zero-order valence-corrected chi connectivity index (χ0v) is 13.5.